The highest BCUT2D eigenvalue weighted by Crippen LogP contribution is 2.53. The van der Waals surface area contributed by atoms with E-state index in [1.807, 2.05) is 6.07 Å². The lowest BCUT2D eigenvalue weighted by Gasteiger charge is -2.49. The lowest BCUT2D eigenvalue weighted by atomic mass is 9.61. The first-order valence-corrected chi connectivity index (χ1v) is 9.26. The van der Waals surface area contributed by atoms with Crippen molar-refractivity contribution in [3.8, 4) is 11.5 Å². The molecular weight excluding hydrogens is 316 g/mol. The number of likely N-dealkylation sites (tertiary alicyclic amines) is 1. The zero-order valence-electron chi connectivity index (χ0n) is 15.4. The minimum absolute atomic E-state index is 0.0143. The third kappa shape index (κ3) is 2.51. The SMILES string of the molecule is COc1ccc(C23CCN(C)C2CC2(CCC(=O)N2)CC3)cc1OC. The minimum atomic E-state index is 0.0143. The van der Waals surface area contributed by atoms with Crippen molar-refractivity contribution >= 4 is 5.91 Å². The van der Waals surface area contributed by atoms with Crippen LogP contribution in [0, 0.1) is 0 Å². The number of likely N-dealkylation sites (N-methyl/N-ethyl adjacent to an activating group) is 1. The van der Waals surface area contributed by atoms with Crippen LogP contribution in [0.1, 0.15) is 44.1 Å². The first-order valence-electron chi connectivity index (χ1n) is 9.26. The normalized spacial score (nSPS) is 34.8. The molecule has 1 aromatic rings. The van der Waals surface area contributed by atoms with Crippen LogP contribution in [-0.4, -0.2) is 50.2 Å². The van der Waals surface area contributed by atoms with Gasteiger partial charge in [-0.25, -0.2) is 0 Å². The predicted octanol–water partition coefficient (Wildman–Crippen LogP) is 2.48. The molecule has 1 spiro atoms. The summed E-state index contributed by atoms with van der Waals surface area (Å²) in [6, 6.07) is 6.85. The van der Waals surface area contributed by atoms with Crippen LogP contribution in [0.15, 0.2) is 18.2 Å². The molecule has 3 unspecified atom stereocenters. The van der Waals surface area contributed by atoms with Crippen LogP contribution in [0.5, 0.6) is 11.5 Å². The van der Waals surface area contributed by atoms with Gasteiger partial charge in [-0.3, -0.25) is 4.79 Å². The van der Waals surface area contributed by atoms with Crippen molar-refractivity contribution in [2.24, 2.45) is 0 Å². The first-order chi connectivity index (χ1) is 12.0. The number of rotatable bonds is 3. The number of carbonyl (C=O) groups is 1. The summed E-state index contributed by atoms with van der Waals surface area (Å²) < 4.78 is 11.0. The van der Waals surface area contributed by atoms with Gasteiger partial charge in [0.05, 0.1) is 14.2 Å². The zero-order chi connectivity index (χ0) is 17.7. The average molecular weight is 344 g/mol. The van der Waals surface area contributed by atoms with Gasteiger partial charge in [-0.2, -0.15) is 0 Å². The van der Waals surface area contributed by atoms with Crippen LogP contribution in [0.3, 0.4) is 0 Å². The van der Waals surface area contributed by atoms with Crippen molar-refractivity contribution in [2.45, 2.75) is 55.5 Å². The molecule has 2 saturated heterocycles. The van der Waals surface area contributed by atoms with Gasteiger partial charge < -0.3 is 19.7 Å². The zero-order valence-corrected chi connectivity index (χ0v) is 15.4. The quantitative estimate of drug-likeness (QED) is 0.915. The van der Waals surface area contributed by atoms with E-state index in [2.05, 4.69) is 29.4 Å². The van der Waals surface area contributed by atoms with Gasteiger partial charge in [-0.15, -0.1) is 0 Å². The summed E-state index contributed by atoms with van der Waals surface area (Å²) in [7, 11) is 5.60. The molecule has 0 radical (unpaired) electrons. The van der Waals surface area contributed by atoms with Gasteiger partial charge in [-0.1, -0.05) is 6.07 Å². The molecule has 3 fully saturated rings. The molecule has 5 heteroatoms. The Balaban J connectivity index is 1.70. The van der Waals surface area contributed by atoms with E-state index >= 15 is 0 Å². The molecule has 0 bridgehead atoms. The third-order valence-electron chi connectivity index (χ3n) is 6.91. The Bertz CT molecular complexity index is 692. The highest BCUT2D eigenvalue weighted by atomic mass is 16.5. The van der Waals surface area contributed by atoms with Crippen LogP contribution in [0.4, 0.5) is 0 Å². The van der Waals surface area contributed by atoms with Crippen molar-refractivity contribution in [3.05, 3.63) is 23.8 Å². The number of fused-ring (bicyclic) bond motifs is 1. The van der Waals surface area contributed by atoms with Crippen molar-refractivity contribution in [1.29, 1.82) is 0 Å². The minimum Gasteiger partial charge on any atom is -0.493 e. The molecular formula is C20H28N2O3. The van der Waals surface area contributed by atoms with E-state index in [1.54, 1.807) is 14.2 Å². The molecule has 1 aromatic carbocycles. The number of hydrogen-bond acceptors (Lipinski definition) is 4. The highest BCUT2D eigenvalue weighted by Gasteiger charge is 2.55. The Morgan fingerprint density at radius 2 is 1.92 bits per heavy atom. The molecule has 1 N–H and O–H groups in total. The lowest BCUT2D eigenvalue weighted by Crippen LogP contribution is -2.56. The third-order valence-corrected chi connectivity index (χ3v) is 6.91. The molecule has 3 aliphatic rings. The molecule has 2 heterocycles. The van der Waals surface area contributed by atoms with Gasteiger partial charge in [0.25, 0.3) is 0 Å². The van der Waals surface area contributed by atoms with E-state index in [1.165, 1.54) is 5.56 Å². The van der Waals surface area contributed by atoms with Crippen LogP contribution < -0.4 is 14.8 Å². The Morgan fingerprint density at radius 1 is 1.12 bits per heavy atom. The molecule has 3 atom stereocenters. The first kappa shape index (κ1) is 16.7. The van der Waals surface area contributed by atoms with E-state index in [4.69, 9.17) is 9.47 Å². The van der Waals surface area contributed by atoms with Gasteiger partial charge >= 0.3 is 0 Å². The highest BCUT2D eigenvalue weighted by molar-refractivity contribution is 5.79. The number of ether oxygens (including phenoxy) is 2. The second-order valence-electron chi connectivity index (χ2n) is 8.00. The van der Waals surface area contributed by atoms with Crippen molar-refractivity contribution in [3.63, 3.8) is 0 Å². The van der Waals surface area contributed by atoms with E-state index in [0.29, 0.717) is 12.5 Å². The fourth-order valence-corrected chi connectivity index (χ4v) is 5.44. The largest absolute Gasteiger partial charge is 0.493 e. The summed E-state index contributed by atoms with van der Waals surface area (Å²) >= 11 is 0. The van der Waals surface area contributed by atoms with Gasteiger partial charge in [0.15, 0.2) is 11.5 Å². The maximum Gasteiger partial charge on any atom is 0.220 e. The molecule has 4 rings (SSSR count). The monoisotopic (exact) mass is 344 g/mol. The molecule has 0 aromatic heterocycles. The van der Waals surface area contributed by atoms with E-state index in [9.17, 15) is 4.79 Å². The van der Waals surface area contributed by atoms with Crippen molar-refractivity contribution < 1.29 is 14.3 Å². The molecule has 136 valence electrons. The number of amides is 1. The predicted molar refractivity (Wildman–Crippen MR) is 96.2 cm³/mol. The second-order valence-corrected chi connectivity index (χ2v) is 8.00. The van der Waals surface area contributed by atoms with Gasteiger partial charge in [0.2, 0.25) is 5.91 Å². The summed E-state index contributed by atoms with van der Waals surface area (Å²) in [4.78, 5) is 14.3. The second kappa shape index (κ2) is 5.90. The van der Waals surface area contributed by atoms with Crippen LogP contribution in [0.2, 0.25) is 0 Å². The number of methoxy groups -OCH3 is 2. The van der Waals surface area contributed by atoms with Crippen molar-refractivity contribution in [1.82, 2.24) is 10.2 Å². The number of hydrogen-bond donors (Lipinski definition) is 1. The maximum atomic E-state index is 11.8. The summed E-state index contributed by atoms with van der Waals surface area (Å²) in [6.45, 7) is 1.10. The summed E-state index contributed by atoms with van der Waals surface area (Å²) in [6.07, 6.45) is 6.05. The summed E-state index contributed by atoms with van der Waals surface area (Å²) in [5.74, 6) is 1.80. The number of carbonyl (C=O) groups excluding carboxylic acids is 1. The number of benzene rings is 1. The Morgan fingerprint density at radius 3 is 2.60 bits per heavy atom. The molecule has 1 aliphatic carbocycles. The lowest BCUT2D eigenvalue weighted by molar-refractivity contribution is -0.120. The fraction of sp³-hybridized carbons (Fsp3) is 0.650. The van der Waals surface area contributed by atoms with E-state index in [0.717, 1.165) is 50.1 Å². The van der Waals surface area contributed by atoms with Crippen LogP contribution >= 0.6 is 0 Å². The van der Waals surface area contributed by atoms with Gasteiger partial charge in [-0.05, 0) is 63.4 Å². The van der Waals surface area contributed by atoms with E-state index < -0.39 is 0 Å². The molecule has 1 amide bonds. The molecule has 25 heavy (non-hydrogen) atoms. The summed E-state index contributed by atoms with van der Waals surface area (Å²) in [5, 5.41) is 3.30. The van der Waals surface area contributed by atoms with Gasteiger partial charge in [0.1, 0.15) is 0 Å². The topological polar surface area (TPSA) is 50.8 Å². The molecule has 1 saturated carbocycles. The molecule has 2 aliphatic heterocycles. The number of nitrogens with one attached hydrogen (secondary N) is 1. The Labute approximate surface area is 149 Å². The van der Waals surface area contributed by atoms with Crippen molar-refractivity contribution in [2.75, 3.05) is 27.8 Å². The van der Waals surface area contributed by atoms with E-state index in [-0.39, 0.29) is 16.9 Å². The summed E-state index contributed by atoms with van der Waals surface area (Å²) in [5.41, 5.74) is 1.51. The fourth-order valence-electron chi connectivity index (χ4n) is 5.44. The Kier molecular flexibility index (Phi) is 3.95. The Hall–Kier alpha value is -1.75. The number of nitrogens with zero attached hydrogens (tertiary/aromatic N) is 1. The molecule has 5 nitrogen and oxygen atoms in total. The smallest absolute Gasteiger partial charge is 0.220 e. The standard InChI is InChI=1S/C20H28N2O3/c1-22-11-10-20(14-4-5-15(24-2)16(12-14)25-3)9-8-19(13-17(20)22)7-6-18(23)21-19/h4-5,12,17H,6-11,13H2,1-3H3,(H,21,23). The average Bonchev–Trinajstić information content (AvgIpc) is 3.16. The van der Waals surface area contributed by atoms with Gasteiger partial charge in [0, 0.05) is 23.4 Å². The van der Waals surface area contributed by atoms with Crippen LogP contribution in [-0.2, 0) is 10.2 Å². The maximum absolute atomic E-state index is 11.8. The van der Waals surface area contributed by atoms with Crippen LogP contribution in [0.25, 0.3) is 0 Å².